The van der Waals surface area contributed by atoms with Gasteiger partial charge in [0.2, 0.25) is 0 Å². The number of carbonyl (C=O) groups is 1. The van der Waals surface area contributed by atoms with Crippen LogP contribution in [0.4, 0.5) is 5.82 Å². The summed E-state index contributed by atoms with van der Waals surface area (Å²) in [5.74, 6) is -1.06. The van der Waals surface area contributed by atoms with E-state index in [4.69, 9.17) is 27.9 Å². The SMILES string of the molecule is CCOC(=O)C1=C(C)Nc2c(c(=O)n(C)c(=O)n2C)[C@H]1c1ccc(Cl)cc1Cl. The number of anilines is 1. The van der Waals surface area contributed by atoms with Crippen molar-refractivity contribution in [1.29, 1.82) is 0 Å². The van der Waals surface area contributed by atoms with Crippen molar-refractivity contribution in [2.45, 2.75) is 19.8 Å². The maximum atomic E-state index is 13.0. The zero-order valence-corrected chi connectivity index (χ0v) is 17.3. The lowest BCUT2D eigenvalue weighted by Gasteiger charge is -2.31. The first-order valence-electron chi connectivity index (χ1n) is 8.58. The third kappa shape index (κ3) is 3.14. The number of fused-ring (bicyclic) bond motifs is 1. The molecule has 0 unspecified atom stereocenters. The highest BCUT2D eigenvalue weighted by atomic mass is 35.5. The molecule has 0 radical (unpaired) electrons. The van der Waals surface area contributed by atoms with Gasteiger partial charge in [-0.25, -0.2) is 9.59 Å². The van der Waals surface area contributed by atoms with Crippen molar-refractivity contribution in [3.63, 3.8) is 0 Å². The van der Waals surface area contributed by atoms with Crippen LogP contribution in [-0.2, 0) is 23.6 Å². The number of rotatable bonds is 3. The first-order chi connectivity index (χ1) is 13.2. The van der Waals surface area contributed by atoms with Crippen LogP contribution in [0.1, 0.15) is 30.9 Å². The minimum absolute atomic E-state index is 0.175. The molecule has 1 aromatic carbocycles. The zero-order valence-electron chi connectivity index (χ0n) is 15.8. The second-order valence-electron chi connectivity index (χ2n) is 6.45. The van der Waals surface area contributed by atoms with Crippen molar-refractivity contribution < 1.29 is 9.53 Å². The highest BCUT2D eigenvalue weighted by Crippen LogP contribution is 2.42. The molecule has 0 spiro atoms. The van der Waals surface area contributed by atoms with Gasteiger partial charge in [0.05, 0.1) is 23.7 Å². The number of nitrogens with one attached hydrogen (secondary N) is 1. The van der Waals surface area contributed by atoms with Crippen molar-refractivity contribution in [2.75, 3.05) is 11.9 Å². The Morgan fingerprint density at radius 1 is 1.21 bits per heavy atom. The molecule has 1 atom stereocenters. The van der Waals surface area contributed by atoms with Crippen molar-refractivity contribution in [1.82, 2.24) is 9.13 Å². The largest absolute Gasteiger partial charge is 0.463 e. The highest BCUT2D eigenvalue weighted by molar-refractivity contribution is 6.35. The summed E-state index contributed by atoms with van der Waals surface area (Å²) in [7, 11) is 2.94. The zero-order chi connectivity index (χ0) is 20.7. The Bertz CT molecular complexity index is 1130. The molecule has 1 aromatic heterocycles. The van der Waals surface area contributed by atoms with Gasteiger partial charge in [-0.15, -0.1) is 0 Å². The van der Waals surface area contributed by atoms with Gasteiger partial charge in [0.25, 0.3) is 5.56 Å². The van der Waals surface area contributed by atoms with Gasteiger partial charge in [-0.1, -0.05) is 29.3 Å². The van der Waals surface area contributed by atoms with Crippen molar-refractivity contribution in [3.8, 4) is 0 Å². The molecular formula is C19H19Cl2N3O4. The van der Waals surface area contributed by atoms with Crippen molar-refractivity contribution >= 4 is 35.0 Å². The molecule has 0 aliphatic carbocycles. The van der Waals surface area contributed by atoms with Crippen LogP contribution in [0.5, 0.6) is 0 Å². The second-order valence-corrected chi connectivity index (χ2v) is 7.29. The van der Waals surface area contributed by atoms with Gasteiger partial charge >= 0.3 is 11.7 Å². The predicted octanol–water partition coefficient (Wildman–Crippen LogP) is 2.79. The fourth-order valence-corrected chi connectivity index (χ4v) is 3.93. The second kappa shape index (κ2) is 7.48. The molecule has 2 heterocycles. The average molecular weight is 424 g/mol. The molecule has 0 saturated heterocycles. The Morgan fingerprint density at radius 2 is 1.89 bits per heavy atom. The summed E-state index contributed by atoms with van der Waals surface area (Å²) < 4.78 is 7.56. The summed E-state index contributed by atoms with van der Waals surface area (Å²) in [6, 6.07) is 4.85. The number of hydrogen-bond acceptors (Lipinski definition) is 5. The summed E-state index contributed by atoms with van der Waals surface area (Å²) in [6.45, 7) is 3.56. The predicted molar refractivity (Wildman–Crippen MR) is 108 cm³/mol. The van der Waals surface area contributed by atoms with Crippen LogP contribution in [0, 0.1) is 0 Å². The van der Waals surface area contributed by atoms with E-state index in [0.717, 1.165) is 4.57 Å². The molecule has 9 heteroatoms. The fourth-order valence-electron chi connectivity index (χ4n) is 3.41. The minimum Gasteiger partial charge on any atom is -0.463 e. The number of allylic oxidation sites excluding steroid dienone is 1. The van der Waals surface area contributed by atoms with Gasteiger partial charge < -0.3 is 10.1 Å². The lowest BCUT2D eigenvalue weighted by atomic mass is 9.82. The molecule has 0 amide bonds. The lowest BCUT2D eigenvalue weighted by Crippen LogP contribution is -2.43. The molecule has 28 heavy (non-hydrogen) atoms. The number of hydrogen-bond donors (Lipinski definition) is 1. The van der Waals surface area contributed by atoms with E-state index in [2.05, 4.69) is 5.32 Å². The molecule has 0 fully saturated rings. The van der Waals surface area contributed by atoms with E-state index in [-0.39, 0.29) is 17.7 Å². The normalized spacial score (nSPS) is 15.9. The Morgan fingerprint density at radius 3 is 2.50 bits per heavy atom. The fraction of sp³-hybridized carbons (Fsp3) is 0.316. The number of nitrogens with zero attached hydrogens (tertiary/aromatic N) is 2. The molecule has 2 aromatic rings. The molecule has 1 aliphatic rings. The Kier molecular flexibility index (Phi) is 5.41. The standard InChI is InChI=1S/C19H19Cl2N3O4/c1-5-28-18(26)13-9(2)22-16-15(17(25)24(4)19(27)23(16)3)14(13)11-7-6-10(20)8-12(11)21/h6-8,14,22H,5H2,1-4H3/t14-/m0/s1. The lowest BCUT2D eigenvalue weighted by molar-refractivity contribution is -0.138. The van der Waals surface area contributed by atoms with E-state index in [1.165, 1.54) is 11.6 Å². The summed E-state index contributed by atoms with van der Waals surface area (Å²) in [5.41, 5.74) is 0.495. The van der Waals surface area contributed by atoms with Crippen molar-refractivity contribution in [3.05, 3.63) is 71.5 Å². The summed E-state index contributed by atoms with van der Waals surface area (Å²) in [6.07, 6.45) is 0. The van der Waals surface area contributed by atoms with E-state index in [1.807, 2.05) is 0 Å². The minimum atomic E-state index is -0.814. The molecule has 148 valence electrons. The van der Waals surface area contributed by atoms with Crippen LogP contribution in [0.15, 0.2) is 39.1 Å². The highest BCUT2D eigenvalue weighted by Gasteiger charge is 2.38. The van der Waals surface area contributed by atoms with Crippen LogP contribution < -0.4 is 16.6 Å². The quantitative estimate of drug-likeness (QED) is 0.767. The van der Waals surface area contributed by atoms with E-state index in [1.54, 1.807) is 39.1 Å². The number of carbonyl (C=O) groups excluding carboxylic acids is 1. The van der Waals surface area contributed by atoms with Gasteiger partial charge in [-0.3, -0.25) is 13.9 Å². The maximum Gasteiger partial charge on any atom is 0.336 e. The summed E-state index contributed by atoms with van der Waals surface area (Å²) in [4.78, 5) is 38.2. The Hall–Kier alpha value is -2.51. The van der Waals surface area contributed by atoms with Crippen molar-refractivity contribution in [2.24, 2.45) is 14.1 Å². The molecule has 0 saturated carbocycles. The van der Waals surface area contributed by atoms with Crippen LogP contribution in [0.25, 0.3) is 0 Å². The smallest absolute Gasteiger partial charge is 0.336 e. The van der Waals surface area contributed by atoms with Gasteiger partial charge in [0.15, 0.2) is 0 Å². The third-order valence-electron chi connectivity index (χ3n) is 4.76. The monoisotopic (exact) mass is 423 g/mol. The number of ether oxygens (including phenoxy) is 1. The van der Waals surface area contributed by atoms with Crippen LogP contribution in [-0.4, -0.2) is 21.7 Å². The van der Waals surface area contributed by atoms with Gasteiger partial charge in [-0.2, -0.15) is 0 Å². The number of esters is 1. The number of halogens is 2. The third-order valence-corrected chi connectivity index (χ3v) is 5.32. The summed E-state index contributed by atoms with van der Waals surface area (Å²) in [5, 5.41) is 3.74. The van der Waals surface area contributed by atoms with E-state index in [9.17, 15) is 14.4 Å². The maximum absolute atomic E-state index is 13.0. The average Bonchev–Trinajstić information content (AvgIpc) is 2.64. The topological polar surface area (TPSA) is 82.3 Å². The first kappa shape index (κ1) is 20.2. The van der Waals surface area contributed by atoms with E-state index >= 15 is 0 Å². The molecule has 0 bridgehead atoms. The van der Waals surface area contributed by atoms with Gasteiger partial charge in [0.1, 0.15) is 5.82 Å². The number of benzene rings is 1. The molecule has 3 rings (SSSR count). The van der Waals surface area contributed by atoms with Crippen LogP contribution >= 0.6 is 23.2 Å². The van der Waals surface area contributed by atoms with Crippen LogP contribution in [0.2, 0.25) is 10.0 Å². The van der Waals surface area contributed by atoms with E-state index < -0.39 is 23.1 Å². The van der Waals surface area contributed by atoms with E-state index in [0.29, 0.717) is 27.1 Å². The van der Waals surface area contributed by atoms with Crippen LogP contribution in [0.3, 0.4) is 0 Å². The molecule has 7 nitrogen and oxygen atoms in total. The molecular weight excluding hydrogens is 405 g/mol. The summed E-state index contributed by atoms with van der Waals surface area (Å²) >= 11 is 12.5. The van der Waals surface area contributed by atoms with Gasteiger partial charge in [0, 0.05) is 29.8 Å². The number of aromatic nitrogens is 2. The first-order valence-corrected chi connectivity index (χ1v) is 9.34. The Balaban J connectivity index is 2.42. The Labute approximate surface area is 171 Å². The van der Waals surface area contributed by atoms with Gasteiger partial charge in [-0.05, 0) is 31.5 Å². The molecule has 1 N–H and O–H groups in total. The molecule has 1 aliphatic heterocycles.